The van der Waals surface area contributed by atoms with Crippen LogP contribution in [0.1, 0.15) is 22.3 Å². The Morgan fingerprint density at radius 1 is 1.05 bits per heavy atom. The average molecular weight is 558 g/mol. The van der Waals surface area contributed by atoms with Gasteiger partial charge < -0.3 is 9.47 Å². The van der Waals surface area contributed by atoms with Gasteiger partial charge in [0, 0.05) is 15.6 Å². The molecule has 0 N–H and O–H groups in total. The standard InChI is InChI=1S/C28H22Cl2FNO4S/c1-3-4-19-11-18(12-24(35-2)26(19)36-16-17-5-8-21(29)9-6-17)13-25-27(33)32(28(34)37-25)15-20-7-10-22(31)14-23(20)30/h3,5-14H,1,4,15-16H2,2H3/b25-13-. The molecule has 0 aliphatic carbocycles. The van der Waals surface area contributed by atoms with Crippen molar-refractivity contribution >= 4 is 52.2 Å². The second-order valence-corrected chi connectivity index (χ2v) is 9.96. The van der Waals surface area contributed by atoms with Crippen molar-refractivity contribution in [1.82, 2.24) is 4.90 Å². The zero-order valence-corrected chi connectivity index (χ0v) is 22.1. The van der Waals surface area contributed by atoms with E-state index in [1.54, 1.807) is 30.4 Å². The van der Waals surface area contributed by atoms with E-state index in [0.717, 1.165) is 33.9 Å². The first kappa shape index (κ1) is 26.8. The van der Waals surface area contributed by atoms with Crippen molar-refractivity contribution in [3.05, 3.63) is 110 Å². The maximum Gasteiger partial charge on any atom is 0.293 e. The van der Waals surface area contributed by atoms with Gasteiger partial charge >= 0.3 is 0 Å². The molecular weight excluding hydrogens is 536 g/mol. The van der Waals surface area contributed by atoms with Gasteiger partial charge in [-0.1, -0.05) is 47.5 Å². The van der Waals surface area contributed by atoms with Crippen molar-refractivity contribution < 1.29 is 23.5 Å². The number of ether oxygens (including phenoxy) is 2. The Kier molecular flexibility index (Phi) is 8.59. The van der Waals surface area contributed by atoms with Crippen LogP contribution in [0.25, 0.3) is 6.08 Å². The quantitative estimate of drug-likeness (QED) is 0.199. The molecule has 37 heavy (non-hydrogen) atoms. The van der Waals surface area contributed by atoms with Crippen LogP contribution >= 0.6 is 35.0 Å². The van der Waals surface area contributed by atoms with Crippen LogP contribution in [-0.4, -0.2) is 23.2 Å². The molecule has 0 spiro atoms. The number of amides is 2. The zero-order valence-electron chi connectivity index (χ0n) is 19.8. The van der Waals surface area contributed by atoms with Crippen molar-refractivity contribution in [2.75, 3.05) is 7.11 Å². The van der Waals surface area contributed by atoms with Crippen LogP contribution in [0.2, 0.25) is 10.0 Å². The molecule has 0 radical (unpaired) electrons. The Morgan fingerprint density at radius 3 is 2.49 bits per heavy atom. The molecule has 1 aliphatic heterocycles. The summed E-state index contributed by atoms with van der Waals surface area (Å²) in [5.74, 6) is 0.0980. The highest BCUT2D eigenvalue weighted by Gasteiger charge is 2.35. The minimum absolute atomic E-state index is 0.0520. The molecule has 190 valence electrons. The molecule has 9 heteroatoms. The second kappa shape index (κ2) is 11.9. The van der Waals surface area contributed by atoms with E-state index in [2.05, 4.69) is 6.58 Å². The Balaban J connectivity index is 1.59. The maximum atomic E-state index is 13.4. The third-order valence-corrected chi connectivity index (χ3v) is 7.06. The van der Waals surface area contributed by atoms with E-state index in [0.29, 0.717) is 40.7 Å². The molecule has 0 bridgehead atoms. The molecule has 3 aromatic rings. The number of nitrogens with zero attached hydrogens (tertiary/aromatic N) is 1. The van der Waals surface area contributed by atoms with Gasteiger partial charge in [-0.15, -0.1) is 6.58 Å². The molecule has 1 aliphatic rings. The lowest BCUT2D eigenvalue weighted by Crippen LogP contribution is -2.27. The number of rotatable bonds is 9. The third kappa shape index (κ3) is 6.36. The molecule has 4 rings (SSSR count). The van der Waals surface area contributed by atoms with Crippen LogP contribution in [0.5, 0.6) is 11.5 Å². The highest BCUT2D eigenvalue weighted by atomic mass is 35.5. The Hall–Kier alpha value is -3.26. The first-order valence-corrected chi connectivity index (χ1v) is 12.7. The second-order valence-electron chi connectivity index (χ2n) is 8.12. The summed E-state index contributed by atoms with van der Waals surface area (Å²) in [7, 11) is 1.53. The van der Waals surface area contributed by atoms with Crippen LogP contribution in [0.15, 0.2) is 72.2 Å². The SMILES string of the molecule is C=CCc1cc(/C=C2\SC(=O)N(Cc3ccc(F)cc3Cl)C2=O)cc(OC)c1OCc1ccc(Cl)cc1. The molecule has 5 nitrogen and oxygen atoms in total. The predicted octanol–water partition coefficient (Wildman–Crippen LogP) is 7.69. The molecule has 0 aromatic heterocycles. The van der Waals surface area contributed by atoms with Crippen molar-refractivity contribution in [1.29, 1.82) is 0 Å². The van der Waals surface area contributed by atoms with Crippen LogP contribution in [0.3, 0.4) is 0 Å². The van der Waals surface area contributed by atoms with Crippen molar-refractivity contribution in [3.63, 3.8) is 0 Å². The molecule has 2 amide bonds. The van der Waals surface area contributed by atoms with E-state index >= 15 is 0 Å². The fourth-order valence-corrected chi connectivity index (χ4v) is 4.92. The number of carbonyl (C=O) groups excluding carboxylic acids is 2. The van der Waals surface area contributed by atoms with Crippen LogP contribution in [0.4, 0.5) is 9.18 Å². The Morgan fingerprint density at radius 2 is 1.81 bits per heavy atom. The fourth-order valence-electron chi connectivity index (χ4n) is 3.73. The summed E-state index contributed by atoms with van der Waals surface area (Å²) in [6.45, 7) is 4.08. The summed E-state index contributed by atoms with van der Waals surface area (Å²) in [5, 5.41) is 0.358. The highest BCUT2D eigenvalue weighted by molar-refractivity contribution is 8.18. The van der Waals surface area contributed by atoms with Crippen LogP contribution < -0.4 is 9.47 Å². The van der Waals surface area contributed by atoms with Gasteiger partial charge in [0.15, 0.2) is 11.5 Å². The molecule has 1 fully saturated rings. The fraction of sp³-hybridized carbons (Fsp3) is 0.143. The van der Waals surface area contributed by atoms with Crippen molar-refractivity contribution in [2.24, 2.45) is 0 Å². The van der Waals surface area contributed by atoms with Gasteiger partial charge in [0.1, 0.15) is 12.4 Å². The molecule has 0 saturated carbocycles. The molecule has 0 unspecified atom stereocenters. The lowest BCUT2D eigenvalue weighted by atomic mass is 10.0. The lowest BCUT2D eigenvalue weighted by molar-refractivity contribution is -0.123. The zero-order chi connectivity index (χ0) is 26.5. The number of benzene rings is 3. The van der Waals surface area contributed by atoms with Gasteiger partial charge in [-0.2, -0.15) is 0 Å². The first-order valence-electron chi connectivity index (χ1n) is 11.2. The van der Waals surface area contributed by atoms with Gasteiger partial charge in [-0.05, 0) is 77.3 Å². The normalized spacial score (nSPS) is 14.4. The number of thioether (sulfide) groups is 1. The van der Waals surface area contributed by atoms with Crippen LogP contribution in [-0.2, 0) is 24.4 Å². The minimum Gasteiger partial charge on any atom is -0.493 e. The summed E-state index contributed by atoms with van der Waals surface area (Å²) < 4.78 is 25.1. The van der Waals surface area contributed by atoms with Crippen molar-refractivity contribution in [3.8, 4) is 11.5 Å². The maximum absolute atomic E-state index is 13.4. The smallest absolute Gasteiger partial charge is 0.293 e. The van der Waals surface area contributed by atoms with E-state index in [9.17, 15) is 14.0 Å². The summed E-state index contributed by atoms with van der Waals surface area (Å²) in [6.07, 6.45) is 3.88. The number of carbonyl (C=O) groups is 2. The number of allylic oxidation sites excluding steroid dienone is 1. The predicted molar refractivity (Wildman–Crippen MR) is 146 cm³/mol. The Labute approximate surface area is 228 Å². The van der Waals surface area contributed by atoms with E-state index in [1.807, 2.05) is 18.2 Å². The molecule has 0 atom stereocenters. The van der Waals surface area contributed by atoms with Gasteiger partial charge in [0.2, 0.25) is 0 Å². The highest BCUT2D eigenvalue weighted by Crippen LogP contribution is 2.38. The van der Waals surface area contributed by atoms with Gasteiger partial charge in [-0.25, -0.2) is 4.39 Å². The average Bonchev–Trinajstić information content (AvgIpc) is 3.13. The van der Waals surface area contributed by atoms with E-state index in [1.165, 1.54) is 19.2 Å². The molecular formula is C28H22Cl2FNO4S. The number of halogens is 3. The van der Waals surface area contributed by atoms with E-state index < -0.39 is 17.0 Å². The summed E-state index contributed by atoms with van der Waals surface area (Å²) >= 11 is 12.9. The van der Waals surface area contributed by atoms with Gasteiger partial charge in [0.25, 0.3) is 11.1 Å². The number of hydrogen-bond donors (Lipinski definition) is 0. The minimum atomic E-state index is -0.493. The van der Waals surface area contributed by atoms with E-state index in [-0.39, 0.29) is 16.5 Å². The monoisotopic (exact) mass is 557 g/mol. The Bertz CT molecular complexity index is 1390. The number of hydrogen-bond acceptors (Lipinski definition) is 5. The molecule has 1 heterocycles. The summed E-state index contributed by atoms with van der Waals surface area (Å²) in [6, 6.07) is 14.8. The lowest BCUT2D eigenvalue weighted by Gasteiger charge is -2.16. The topological polar surface area (TPSA) is 55.8 Å². The third-order valence-electron chi connectivity index (χ3n) is 5.55. The molecule has 3 aromatic carbocycles. The number of methoxy groups -OCH3 is 1. The van der Waals surface area contributed by atoms with Crippen LogP contribution in [0, 0.1) is 5.82 Å². The largest absolute Gasteiger partial charge is 0.493 e. The van der Waals surface area contributed by atoms with E-state index in [4.69, 9.17) is 32.7 Å². The summed E-state index contributed by atoms with van der Waals surface area (Å²) in [5.41, 5.74) is 2.89. The first-order chi connectivity index (χ1) is 17.8. The van der Waals surface area contributed by atoms with Crippen molar-refractivity contribution in [2.45, 2.75) is 19.6 Å². The molecule has 1 saturated heterocycles. The van der Waals surface area contributed by atoms with Gasteiger partial charge in [0.05, 0.1) is 18.6 Å². The summed E-state index contributed by atoms with van der Waals surface area (Å²) in [4.78, 5) is 27.0. The van der Waals surface area contributed by atoms with Gasteiger partial charge in [-0.3, -0.25) is 14.5 Å². The number of imide groups is 1.